The number of benzene rings is 4. The molecule has 408 valence electrons. The van der Waals surface area contributed by atoms with Crippen LogP contribution < -0.4 is 29.9 Å². The number of nitrogens with zero attached hydrogens (tertiary/aromatic N) is 12. The van der Waals surface area contributed by atoms with Crippen molar-refractivity contribution < 1.29 is 27.7 Å². The SMILES string of the molecule is COc1cc(N(C)CCN2CCCC2)c([N+](=O)[O-])cc1Nc1nccc(-c2c[nH]c3ccccc23)n1.COc1cc(N(C)CCN2CCCC2)c([N+](=O)[O-])cc1Nc1nccc(-c2cn(S(=O)(=O)N(C)C)c3ccccc23)n1. The molecule has 0 unspecified atom stereocenters. The minimum absolute atomic E-state index is 0.00462. The molecule has 2 saturated heterocycles. The van der Waals surface area contributed by atoms with Gasteiger partial charge in [-0.25, -0.2) is 23.9 Å². The summed E-state index contributed by atoms with van der Waals surface area (Å²) in [7, 11) is 5.91. The second-order valence-electron chi connectivity index (χ2n) is 19.2. The van der Waals surface area contributed by atoms with Crippen molar-refractivity contribution in [3.63, 3.8) is 0 Å². The van der Waals surface area contributed by atoms with Crippen molar-refractivity contribution in [3.05, 3.63) is 130 Å². The minimum atomic E-state index is -3.79. The summed E-state index contributed by atoms with van der Waals surface area (Å²) in [4.78, 5) is 53.0. The smallest absolute Gasteiger partial charge is 0.307 e. The molecule has 78 heavy (non-hydrogen) atoms. The van der Waals surface area contributed by atoms with Crippen molar-refractivity contribution in [1.82, 2.24) is 43.0 Å². The van der Waals surface area contributed by atoms with Gasteiger partial charge in [-0.15, -0.1) is 0 Å². The number of rotatable bonds is 20. The molecule has 4 aromatic heterocycles. The standard InChI is InChI=1S/C28H34N8O5S.C26H29N7O3/c1-32(2)42(39,40)35-19-21(20-9-5-6-10-24(20)35)22-11-12-29-28(30-22)31-23-17-26(36(37)38)25(18-27(23)41-4)33(3)15-16-34-13-7-8-14-34;1-31(13-14-32-11-5-6-12-32)23-16-25(36-2)22(15-24(23)33(34)35)30-26-27-10-9-21(29-26)19-17-28-20-8-4-3-7-18(19)20/h5-6,9-12,17-19H,7-8,13-16H2,1-4H3,(H,29,30,31);3-4,7-10,15-17,28H,5-6,11-14H2,1-2H3,(H,27,29,30). The number of likely N-dealkylation sites (tertiary alicyclic amines) is 2. The maximum absolute atomic E-state index is 13.0. The highest BCUT2D eigenvalue weighted by molar-refractivity contribution is 7.87. The van der Waals surface area contributed by atoms with Gasteiger partial charge in [0.15, 0.2) is 0 Å². The average molecular weight is 1080 g/mol. The third kappa shape index (κ3) is 11.9. The van der Waals surface area contributed by atoms with Crippen molar-refractivity contribution in [2.75, 3.05) is 115 Å². The van der Waals surface area contributed by atoms with E-state index in [2.05, 4.69) is 45.4 Å². The average Bonchev–Trinajstić information content (AvgIpc) is 4.37. The molecule has 2 aliphatic rings. The molecule has 0 bridgehead atoms. The van der Waals surface area contributed by atoms with Crippen molar-refractivity contribution in [3.8, 4) is 34.0 Å². The number of fused-ring (bicyclic) bond motifs is 2. The zero-order chi connectivity index (χ0) is 55.1. The van der Waals surface area contributed by atoms with E-state index < -0.39 is 15.1 Å². The van der Waals surface area contributed by atoms with Gasteiger partial charge in [-0.05, 0) is 76.1 Å². The molecular formula is C54H63N15O8S. The van der Waals surface area contributed by atoms with Gasteiger partial charge in [0, 0.05) is 131 Å². The summed E-state index contributed by atoms with van der Waals surface area (Å²) < 4.78 is 39.6. The molecule has 3 N–H and O–H groups in total. The minimum Gasteiger partial charge on any atom is -0.494 e. The first-order valence-electron chi connectivity index (χ1n) is 25.5. The summed E-state index contributed by atoms with van der Waals surface area (Å²) in [5.74, 6) is 1.36. The van der Waals surface area contributed by atoms with Crippen LogP contribution >= 0.6 is 0 Å². The lowest BCUT2D eigenvalue weighted by atomic mass is 10.1. The Morgan fingerprint density at radius 1 is 0.654 bits per heavy atom. The second kappa shape index (κ2) is 23.8. The van der Waals surface area contributed by atoms with Crippen LogP contribution in [0, 0.1) is 20.2 Å². The van der Waals surface area contributed by atoms with Crippen molar-refractivity contribution in [1.29, 1.82) is 0 Å². The molecule has 0 radical (unpaired) electrons. The molecule has 23 nitrogen and oxygen atoms in total. The van der Waals surface area contributed by atoms with Crippen LogP contribution in [0.3, 0.4) is 0 Å². The Morgan fingerprint density at radius 2 is 1.13 bits per heavy atom. The molecule has 2 aliphatic heterocycles. The van der Waals surface area contributed by atoms with Crippen LogP contribution in [0.25, 0.3) is 44.3 Å². The first-order chi connectivity index (χ1) is 37.6. The first kappa shape index (κ1) is 54.3. The van der Waals surface area contributed by atoms with E-state index in [0.29, 0.717) is 75.4 Å². The van der Waals surface area contributed by atoms with Gasteiger partial charge in [-0.2, -0.15) is 12.7 Å². The first-order valence-corrected chi connectivity index (χ1v) is 26.9. The predicted molar refractivity (Wildman–Crippen MR) is 304 cm³/mol. The monoisotopic (exact) mass is 1080 g/mol. The van der Waals surface area contributed by atoms with Crippen LogP contribution in [-0.4, -0.2) is 156 Å². The van der Waals surface area contributed by atoms with Crippen LogP contribution in [0.4, 0.5) is 46.0 Å². The Kier molecular flexibility index (Phi) is 16.6. The number of methoxy groups -OCH3 is 2. The van der Waals surface area contributed by atoms with Gasteiger partial charge in [0.1, 0.15) is 22.9 Å². The van der Waals surface area contributed by atoms with Crippen molar-refractivity contribution in [2.24, 2.45) is 0 Å². The number of nitrogens with one attached hydrogen (secondary N) is 3. The number of nitro benzene ring substituents is 2. The zero-order valence-corrected chi connectivity index (χ0v) is 45.2. The number of hydrogen-bond donors (Lipinski definition) is 3. The van der Waals surface area contributed by atoms with Crippen LogP contribution in [-0.2, 0) is 10.2 Å². The van der Waals surface area contributed by atoms with E-state index in [0.717, 1.165) is 65.7 Å². The molecule has 6 heterocycles. The van der Waals surface area contributed by atoms with Crippen LogP contribution in [0.2, 0.25) is 0 Å². The van der Waals surface area contributed by atoms with Crippen LogP contribution in [0.15, 0.2) is 110 Å². The van der Waals surface area contributed by atoms with E-state index in [-0.39, 0.29) is 22.2 Å². The third-order valence-corrected chi connectivity index (χ3v) is 15.8. The second-order valence-corrected chi connectivity index (χ2v) is 21.2. The Balaban J connectivity index is 0.000000192. The summed E-state index contributed by atoms with van der Waals surface area (Å²) >= 11 is 0. The highest BCUT2D eigenvalue weighted by Gasteiger charge is 2.27. The van der Waals surface area contributed by atoms with E-state index in [4.69, 9.17) is 9.47 Å². The number of anilines is 6. The van der Waals surface area contributed by atoms with Gasteiger partial charge in [0.25, 0.3) is 11.4 Å². The van der Waals surface area contributed by atoms with Gasteiger partial charge in [0.05, 0.1) is 52.3 Å². The molecule has 0 aliphatic carbocycles. The van der Waals surface area contributed by atoms with Crippen LogP contribution in [0.1, 0.15) is 25.7 Å². The quantitative estimate of drug-likeness (QED) is 0.0476. The summed E-state index contributed by atoms with van der Waals surface area (Å²) in [5, 5.41) is 32.0. The van der Waals surface area contributed by atoms with Gasteiger partial charge in [-0.1, -0.05) is 36.4 Å². The maximum atomic E-state index is 13.0. The van der Waals surface area contributed by atoms with Gasteiger partial charge in [-0.3, -0.25) is 20.2 Å². The van der Waals surface area contributed by atoms with Gasteiger partial charge < -0.3 is 44.7 Å². The summed E-state index contributed by atoms with van der Waals surface area (Å²) in [5.41, 5.74) is 5.91. The van der Waals surface area contributed by atoms with E-state index in [1.165, 1.54) is 69.2 Å². The summed E-state index contributed by atoms with van der Waals surface area (Å²) in [6.07, 6.45) is 11.4. The molecule has 24 heteroatoms. The summed E-state index contributed by atoms with van der Waals surface area (Å²) in [6.45, 7) is 7.28. The molecule has 0 amide bonds. The number of hydrogen-bond acceptors (Lipinski definition) is 18. The fourth-order valence-electron chi connectivity index (χ4n) is 9.77. The molecule has 2 fully saturated rings. The van der Waals surface area contributed by atoms with Gasteiger partial charge >= 0.3 is 10.2 Å². The van der Waals surface area contributed by atoms with Crippen molar-refractivity contribution >= 4 is 78.0 Å². The number of para-hydroxylation sites is 2. The Hall–Kier alpha value is -8.45. The van der Waals surface area contributed by atoms with Gasteiger partial charge in [0.2, 0.25) is 11.9 Å². The molecule has 0 atom stereocenters. The number of aromatic nitrogens is 6. The fraction of sp³-hybridized carbons (Fsp3) is 0.333. The van der Waals surface area contributed by atoms with Crippen molar-refractivity contribution in [2.45, 2.75) is 25.7 Å². The fourth-order valence-corrected chi connectivity index (χ4v) is 10.8. The van der Waals surface area contributed by atoms with Crippen LogP contribution in [0.5, 0.6) is 11.5 Å². The Morgan fingerprint density at radius 3 is 1.62 bits per heavy atom. The Labute approximate surface area is 451 Å². The normalized spacial score (nSPS) is 13.9. The number of likely N-dealkylation sites (N-methyl/N-ethyl adjacent to an activating group) is 2. The van der Waals surface area contributed by atoms with E-state index in [1.54, 1.807) is 49.8 Å². The number of ether oxygens (including phenoxy) is 2. The highest BCUT2D eigenvalue weighted by Crippen LogP contribution is 2.41. The molecule has 8 aromatic rings. The molecular weight excluding hydrogens is 1020 g/mol. The lowest BCUT2D eigenvalue weighted by molar-refractivity contribution is -0.384. The van der Waals surface area contributed by atoms with E-state index >= 15 is 0 Å². The molecule has 10 rings (SSSR count). The predicted octanol–water partition coefficient (Wildman–Crippen LogP) is 8.76. The van der Waals surface area contributed by atoms with E-state index in [9.17, 15) is 28.6 Å². The largest absolute Gasteiger partial charge is 0.494 e. The third-order valence-electron chi connectivity index (χ3n) is 14.0. The lowest BCUT2D eigenvalue weighted by Crippen LogP contribution is -2.31. The lowest BCUT2D eigenvalue weighted by Gasteiger charge is -2.24. The topological polar surface area (TPSA) is 251 Å². The van der Waals surface area contributed by atoms with E-state index in [1.807, 2.05) is 72.6 Å². The number of aromatic amines is 1. The summed E-state index contributed by atoms with van der Waals surface area (Å²) in [6, 6.07) is 24.9. The number of H-pyrrole nitrogens is 1. The molecule has 0 spiro atoms. The molecule has 4 aromatic carbocycles. The maximum Gasteiger partial charge on any atom is 0.307 e. The Bertz CT molecular complexity index is 3560. The number of nitro groups is 2. The highest BCUT2D eigenvalue weighted by atomic mass is 32.2. The molecule has 0 saturated carbocycles. The zero-order valence-electron chi connectivity index (χ0n) is 44.4.